The SMILES string of the molecule is C1CCOC1.C=CCC1(CC=C)CC(C(=O)OC(C)(C)C)N(C(=O)OC(C)(C)C)C1=O.C=CCC1C[C@@H](C(=O)OC(C)(C)C)N(C(=O)OC(C)(C)C)C1=O. The van der Waals surface area contributed by atoms with Crippen molar-refractivity contribution in [3.8, 4) is 0 Å². The summed E-state index contributed by atoms with van der Waals surface area (Å²) in [6, 6.07) is -1.99. The third-order valence-corrected chi connectivity index (χ3v) is 7.86. The number of ether oxygens (including phenoxy) is 5. The van der Waals surface area contributed by atoms with Crippen molar-refractivity contribution in [2.45, 2.75) is 163 Å². The quantitative estimate of drug-likeness (QED) is 0.135. The first-order valence-electron chi connectivity index (χ1n) is 18.6. The molecule has 0 aromatic heterocycles. The van der Waals surface area contributed by atoms with Gasteiger partial charge in [-0.1, -0.05) is 18.2 Å². The Morgan fingerprint density at radius 2 is 1.07 bits per heavy atom. The number of nitrogens with zero attached hydrogens (tertiary/aromatic N) is 2. The second kappa shape index (κ2) is 19.5. The number of imide groups is 2. The van der Waals surface area contributed by atoms with E-state index in [2.05, 4.69) is 19.7 Å². The maximum Gasteiger partial charge on any atom is 0.417 e. The predicted molar refractivity (Wildman–Crippen MR) is 205 cm³/mol. The molecule has 3 aliphatic heterocycles. The summed E-state index contributed by atoms with van der Waals surface area (Å²) in [5, 5.41) is 0. The molecule has 2 unspecified atom stereocenters. The zero-order valence-electron chi connectivity index (χ0n) is 34.8. The molecule has 0 spiro atoms. The molecule has 4 amide bonds. The Kier molecular flexibility index (Phi) is 17.4. The number of amides is 4. The molecule has 3 fully saturated rings. The maximum absolute atomic E-state index is 13.1. The van der Waals surface area contributed by atoms with E-state index >= 15 is 0 Å². The Hall–Kier alpha value is -4.00. The first-order valence-corrected chi connectivity index (χ1v) is 18.6. The summed E-state index contributed by atoms with van der Waals surface area (Å²) < 4.78 is 26.3. The van der Waals surface area contributed by atoms with Crippen molar-refractivity contribution in [2.24, 2.45) is 11.3 Å². The van der Waals surface area contributed by atoms with Crippen molar-refractivity contribution < 1.29 is 52.5 Å². The van der Waals surface area contributed by atoms with Gasteiger partial charge in [-0.05, 0) is 128 Å². The molecule has 13 heteroatoms. The van der Waals surface area contributed by atoms with Gasteiger partial charge >= 0.3 is 24.1 Å². The molecule has 3 rings (SSSR count). The monoisotopic (exact) mass is 762 g/mol. The first-order chi connectivity index (χ1) is 24.6. The molecule has 0 aliphatic carbocycles. The van der Waals surface area contributed by atoms with Gasteiger partial charge in [0.1, 0.15) is 34.5 Å². The van der Waals surface area contributed by atoms with Gasteiger partial charge < -0.3 is 23.7 Å². The molecule has 0 aromatic carbocycles. The third-order valence-electron chi connectivity index (χ3n) is 7.86. The molecule has 3 heterocycles. The van der Waals surface area contributed by atoms with Crippen LogP contribution in [0.15, 0.2) is 38.0 Å². The number of rotatable bonds is 8. The highest BCUT2D eigenvalue weighted by Crippen LogP contribution is 2.44. The zero-order valence-corrected chi connectivity index (χ0v) is 34.8. The number of allylic oxidation sites excluding steroid dienone is 3. The van der Waals surface area contributed by atoms with Crippen LogP contribution in [0.2, 0.25) is 0 Å². The van der Waals surface area contributed by atoms with Crippen molar-refractivity contribution in [1.82, 2.24) is 9.80 Å². The number of carbonyl (C=O) groups is 6. The third kappa shape index (κ3) is 15.4. The molecule has 3 aliphatic rings. The number of hydrogen-bond donors (Lipinski definition) is 0. The van der Waals surface area contributed by atoms with E-state index in [4.69, 9.17) is 23.7 Å². The van der Waals surface area contributed by atoms with Crippen LogP contribution in [-0.2, 0) is 42.9 Å². The largest absolute Gasteiger partial charge is 0.458 e. The Morgan fingerprint density at radius 3 is 1.43 bits per heavy atom. The summed E-state index contributed by atoms with van der Waals surface area (Å²) in [5.74, 6) is -2.55. The van der Waals surface area contributed by atoms with E-state index in [9.17, 15) is 28.8 Å². The predicted octanol–water partition coefficient (Wildman–Crippen LogP) is 7.86. The summed E-state index contributed by atoms with van der Waals surface area (Å²) in [7, 11) is 0. The van der Waals surface area contributed by atoms with Crippen LogP contribution in [0.4, 0.5) is 9.59 Å². The van der Waals surface area contributed by atoms with Gasteiger partial charge in [-0.25, -0.2) is 29.0 Å². The first kappa shape index (κ1) is 48.0. The summed E-state index contributed by atoms with van der Waals surface area (Å²) >= 11 is 0. The second-order valence-electron chi connectivity index (χ2n) is 17.7. The minimum Gasteiger partial charge on any atom is -0.458 e. The summed E-state index contributed by atoms with van der Waals surface area (Å²) in [4.78, 5) is 77.5. The van der Waals surface area contributed by atoms with E-state index in [1.807, 2.05) is 0 Å². The van der Waals surface area contributed by atoms with E-state index < -0.39 is 81.8 Å². The standard InChI is InChI=1S/C20H31NO5.C17H27NO5.C4H8O/c1-9-11-20(12-10-2)13-14(15(22)25-18(3,4)5)21(16(20)23)17(24)26-19(6,7)8;1-8-9-11-10-12(14(20)22-16(2,3)4)18(13(11)19)15(21)23-17(5,6)7;1-2-4-5-3-1/h9-10,14H,1-2,11-13H2,3-8H3;8,11-12H,1,9-10H2,2-7H3;1-4H2/t;11?,12-;/m.0./s1. The number of likely N-dealkylation sites (tertiary alicyclic amines) is 2. The van der Waals surface area contributed by atoms with E-state index in [1.165, 1.54) is 12.8 Å². The molecule has 0 saturated carbocycles. The van der Waals surface area contributed by atoms with Crippen LogP contribution in [0.1, 0.15) is 128 Å². The van der Waals surface area contributed by atoms with Gasteiger partial charge in [0.05, 0.1) is 5.41 Å². The number of carbonyl (C=O) groups excluding carboxylic acids is 6. The Bertz CT molecular complexity index is 1350. The van der Waals surface area contributed by atoms with E-state index in [0.717, 1.165) is 23.0 Å². The van der Waals surface area contributed by atoms with Crippen LogP contribution in [0.3, 0.4) is 0 Å². The van der Waals surface area contributed by atoms with Gasteiger partial charge in [0.2, 0.25) is 11.8 Å². The van der Waals surface area contributed by atoms with Crippen LogP contribution in [-0.4, -0.2) is 93.4 Å². The molecule has 3 atom stereocenters. The summed E-state index contributed by atoms with van der Waals surface area (Å²) in [6.07, 6.45) is 7.17. The average Bonchev–Trinajstić information content (AvgIpc) is 3.72. The van der Waals surface area contributed by atoms with Crippen molar-refractivity contribution in [1.29, 1.82) is 0 Å². The molecule has 0 bridgehead atoms. The Balaban J connectivity index is 0.000000479. The van der Waals surface area contributed by atoms with E-state index in [-0.39, 0.29) is 12.8 Å². The average molecular weight is 763 g/mol. The molecule has 13 nitrogen and oxygen atoms in total. The molecule has 0 N–H and O–H groups in total. The number of hydrogen-bond acceptors (Lipinski definition) is 11. The van der Waals surface area contributed by atoms with Gasteiger partial charge in [0.25, 0.3) is 0 Å². The highest BCUT2D eigenvalue weighted by atomic mass is 16.6. The van der Waals surface area contributed by atoms with Gasteiger partial charge in [0, 0.05) is 19.1 Å². The van der Waals surface area contributed by atoms with Crippen LogP contribution in [0, 0.1) is 11.3 Å². The highest BCUT2D eigenvalue weighted by Gasteiger charge is 2.57. The Morgan fingerprint density at radius 1 is 0.667 bits per heavy atom. The lowest BCUT2D eigenvalue weighted by atomic mass is 9.78. The van der Waals surface area contributed by atoms with Crippen molar-refractivity contribution in [2.75, 3.05) is 13.2 Å². The lowest BCUT2D eigenvalue weighted by Crippen LogP contribution is -2.48. The van der Waals surface area contributed by atoms with Gasteiger partial charge in [0.15, 0.2) is 0 Å². The molecule has 54 heavy (non-hydrogen) atoms. The van der Waals surface area contributed by atoms with Crippen LogP contribution < -0.4 is 0 Å². The lowest BCUT2D eigenvalue weighted by Gasteiger charge is -2.28. The normalized spacial score (nSPS) is 21.1. The van der Waals surface area contributed by atoms with Crippen molar-refractivity contribution >= 4 is 35.9 Å². The fraction of sp³-hybridized carbons (Fsp3) is 0.707. The molecular weight excluding hydrogens is 696 g/mol. The van der Waals surface area contributed by atoms with Gasteiger partial charge in [-0.3, -0.25) is 9.59 Å². The summed E-state index contributed by atoms with van der Waals surface area (Å²) in [6.45, 7) is 33.7. The Labute approximate surface area is 322 Å². The molecule has 306 valence electrons. The highest BCUT2D eigenvalue weighted by molar-refractivity contribution is 6.03. The second-order valence-corrected chi connectivity index (χ2v) is 17.7. The van der Waals surface area contributed by atoms with E-state index in [1.54, 1.807) is 101 Å². The summed E-state index contributed by atoms with van der Waals surface area (Å²) in [5.41, 5.74) is -3.93. The fourth-order valence-electron chi connectivity index (χ4n) is 5.84. The van der Waals surface area contributed by atoms with Crippen LogP contribution in [0.25, 0.3) is 0 Å². The van der Waals surface area contributed by atoms with Gasteiger partial charge in [-0.15, -0.1) is 19.7 Å². The maximum atomic E-state index is 13.1. The molecule has 0 radical (unpaired) electrons. The molecular formula is C41H66N2O11. The van der Waals surface area contributed by atoms with Gasteiger partial charge in [-0.2, -0.15) is 0 Å². The number of esters is 2. The minimum absolute atomic E-state index is 0.151. The minimum atomic E-state index is -1.03. The van der Waals surface area contributed by atoms with Crippen molar-refractivity contribution in [3.63, 3.8) is 0 Å². The molecule has 3 saturated heterocycles. The topological polar surface area (TPSA) is 155 Å². The zero-order chi connectivity index (χ0) is 41.9. The van der Waals surface area contributed by atoms with Crippen molar-refractivity contribution in [3.05, 3.63) is 38.0 Å². The fourth-order valence-corrected chi connectivity index (χ4v) is 5.84. The smallest absolute Gasteiger partial charge is 0.417 e. The van der Waals surface area contributed by atoms with Crippen LogP contribution >= 0.6 is 0 Å². The van der Waals surface area contributed by atoms with E-state index in [0.29, 0.717) is 19.3 Å². The van der Waals surface area contributed by atoms with Crippen LogP contribution in [0.5, 0.6) is 0 Å². The lowest BCUT2D eigenvalue weighted by molar-refractivity contribution is -0.162. The molecule has 0 aromatic rings.